The molecule has 92 valence electrons. The van der Waals surface area contributed by atoms with Gasteiger partial charge in [-0.05, 0) is 25.8 Å². The zero-order valence-corrected chi connectivity index (χ0v) is 9.59. The van der Waals surface area contributed by atoms with Gasteiger partial charge in [-0.25, -0.2) is 0 Å². The molecule has 3 rings (SSSR count). The van der Waals surface area contributed by atoms with Gasteiger partial charge in [-0.2, -0.15) is 0 Å². The Morgan fingerprint density at radius 1 is 1.35 bits per heavy atom. The van der Waals surface area contributed by atoms with Gasteiger partial charge in [0.1, 0.15) is 17.6 Å². The van der Waals surface area contributed by atoms with E-state index in [0.717, 1.165) is 38.3 Å². The third kappa shape index (κ3) is 1.72. The molecule has 2 N–H and O–H groups in total. The summed E-state index contributed by atoms with van der Waals surface area (Å²) in [6.07, 6.45) is 2.64. The van der Waals surface area contributed by atoms with Crippen molar-refractivity contribution >= 4 is 5.97 Å². The van der Waals surface area contributed by atoms with Crippen LogP contribution in [0.5, 0.6) is 0 Å². The summed E-state index contributed by atoms with van der Waals surface area (Å²) in [5, 5.41) is 20.8. The van der Waals surface area contributed by atoms with Crippen molar-refractivity contribution in [1.82, 2.24) is 20.1 Å². The van der Waals surface area contributed by atoms with Crippen molar-refractivity contribution in [2.24, 2.45) is 0 Å². The molecule has 6 heteroatoms. The van der Waals surface area contributed by atoms with E-state index in [4.69, 9.17) is 5.11 Å². The minimum absolute atomic E-state index is 0.392. The van der Waals surface area contributed by atoms with Crippen LogP contribution in [0.2, 0.25) is 0 Å². The van der Waals surface area contributed by atoms with E-state index in [2.05, 4.69) is 15.5 Å². The number of carboxylic acids is 1. The molecule has 0 saturated carbocycles. The Balaban J connectivity index is 1.95. The number of fused-ring (bicyclic) bond motifs is 1. The summed E-state index contributed by atoms with van der Waals surface area (Å²) in [6.45, 7) is 2.79. The highest BCUT2D eigenvalue weighted by Gasteiger charge is 2.33. The van der Waals surface area contributed by atoms with Crippen LogP contribution >= 0.6 is 0 Å². The van der Waals surface area contributed by atoms with E-state index < -0.39 is 11.9 Å². The van der Waals surface area contributed by atoms with E-state index in [-0.39, 0.29) is 0 Å². The Labute approximate surface area is 99.0 Å². The average molecular weight is 236 g/mol. The standard InChI is InChI=1S/C11H16N4O2/c16-11(17)8-2-1-5-15-9(13-14-10(8)15)7-3-4-12-6-7/h7-8,12H,1-6H2,(H,16,17). The first-order chi connectivity index (χ1) is 8.27. The lowest BCUT2D eigenvalue weighted by molar-refractivity contribution is -0.139. The molecule has 0 amide bonds. The monoisotopic (exact) mass is 236 g/mol. The van der Waals surface area contributed by atoms with Crippen LogP contribution in [0.15, 0.2) is 0 Å². The zero-order valence-electron chi connectivity index (χ0n) is 9.59. The minimum atomic E-state index is -0.783. The first kappa shape index (κ1) is 10.7. The minimum Gasteiger partial charge on any atom is -0.481 e. The largest absolute Gasteiger partial charge is 0.481 e. The molecule has 1 fully saturated rings. The Bertz CT molecular complexity index is 437. The molecular weight excluding hydrogens is 220 g/mol. The van der Waals surface area contributed by atoms with Crippen LogP contribution in [-0.4, -0.2) is 38.9 Å². The predicted molar refractivity (Wildman–Crippen MR) is 59.9 cm³/mol. The van der Waals surface area contributed by atoms with Gasteiger partial charge in [-0.15, -0.1) is 10.2 Å². The summed E-state index contributed by atoms with van der Waals surface area (Å²) in [5.74, 6) is 0.749. The first-order valence-electron chi connectivity index (χ1n) is 6.14. The zero-order chi connectivity index (χ0) is 11.8. The number of aliphatic carboxylic acids is 1. The van der Waals surface area contributed by atoms with E-state index >= 15 is 0 Å². The summed E-state index contributed by atoms with van der Waals surface area (Å²) >= 11 is 0. The number of carbonyl (C=O) groups is 1. The number of rotatable bonds is 2. The number of aromatic nitrogens is 3. The maximum Gasteiger partial charge on any atom is 0.314 e. The summed E-state index contributed by atoms with van der Waals surface area (Å²) in [7, 11) is 0. The van der Waals surface area contributed by atoms with Gasteiger partial charge in [0.25, 0.3) is 0 Å². The number of hydrogen-bond donors (Lipinski definition) is 2. The van der Waals surface area contributed by atoms with Crippen molar-refractivity contribution < 1.29 is 9.90 Å². The molecule has 3 heterocycles. The summed E-state index contributed by atoms with van der Waals surface area (Å²) in [6, 6.07) is 0. The van der Waals surface area contributed by atoms with Gasteiger partial charge in [0.05, 0.1) is 0 Å². The highest BCUT2D eigenvalue weighted by atomic mass is 16.4. The van der Waals surface area contributed by atoms with Crippen molar-refractivity contribution in [2.75, 3.05) is 13.1 Å². The van der Waals surface area contributed by atoms with Gasteiger partial charge in [-0.1, -0.05) is 0 Å². The van der Waals surface area contributed by atoms with Crippen molar-refractivity contribution in [1.29, 1.82) is 0 Å². The summed E-state index contributed by atoms with van der Waals surface area (Å²) in [4.78, 5) is 11.2. The normalized spacial score (nSPS) is 28.0. The fraction of sp³-hybridized carbons (Fsp3) is 0.727. The summed E-state index contributed by atoms with van der Waals surface area (Å²) < 4.78 is 2.03. The first-order valence-corrected chi connectivity index (χ1v) is 6.14. The van der Waals surface area contributed by atoms with Crippen molar-refractivity contribution in [3.63, 3.8) is 0 Å². The lowest BCUT2D eigenvalue weighted by atomic mass is 9.98. The van der Waals surface area contributed by atoms with E-state index in [1.807, 2.05) is 4.57 Å². The molecule has 0 aliphatic carbocycles. The number of hydrogen-bond acceptors (Lipinski definition) is 4. The van der Waals surface area contributed by atoms with E-state index in [9.17, 15) is 4.79 Å². The molecule has 0 aromatic carbocycles. The Morgan fingerprint density at radius 3 is 2.88 bits per heavy atom. The van der Waals surface area contributed by atoms with Gasteiger partial charge in [0.2, 0.25) is 0 Å². The molecule has 1 saturated heterocycles. The van der Waals surface area contributed by atoms with E-state index in [1.165, 1.54) is 0 Å². The maximum absolute atomic E-state index is 11.2. The molecule has 0 bridgehead atoms. The van der Waals surface area contributed by atoms with Crippen LogP contribution in [-0.2, 0) is 11.3 Å². The summed E-state index contributed by atoms with van der Waals surface area (Å²) in [5.41, 5.74) is 0. The predicted octanol–water partition coefficient (Wildman–Crippen LogP) is 0.317. The second kappa shape index (κ2) is 4.10. The fourth-order valence-corrected chi connectivity index (χ4v) is 2.81. The second-order valence-corrected chi connectivity index (χ2v) is 4.79. The third-order valence-electron chi connectivity index (χ3n) is 3.72. The molecule has 2 aliphatic rings. The molecule has 0 spiro atoms. The molecule has 1 aromatic rings. The van der Waals surface area contributed by atoms with Crippen molar-refractivity contribution in [2.45, 2.75) is 37.6 Å². The molecule has 2 atom stereocenters. The van der Waals surface area contributed by atoms with Crippen molar-refractivity contribution in [3.8, 4) is 0 Å². The van der Waals surface area contributed by atoms with Crippen LogP contribution in [0, 0.1) is 0 Å². The van der Waals surface area contributed by atoms with Crippen LogP contribution in [0.3, 0.4) is 0 Å². The van der Waals surface area contributed by atoms with Crippen LogP contribution in [0.1, 0.15) is 42.7 Å². The Kier molecular flexibility index (Phi) is 2.58. The van der Waals surface area contributed by atoms with Crippen LogP contribution in [0.4, 0.5) is 0 Å². The second-order valence-electron chi connectivity index (χ2n) is 4.79. The lowest BCUT2D eigenvalue weighted by Crippen LogP contribution is -2.24. The molecular formula is C11H16N4O2. The Hall–Kier alpha value is -1.43. The number of nitrogens with one attached hydrogen (secondary N) is 1. The number of nitrogens with zero attached hydrogens (tertiary/aromatic N) is 3. The van der Waals surface area contributed by atoms with Crippen LogP contribution < -0.4 is 5.32 Å². The molecule has 0 radical (unpaired) electrons. The van der Waals surface area contributed by atoms with Gasteiger partial charge >= 0.3 is 5.97 Å². The van der Waals surface area contributed by atoms with E-state index in [0.29, 0.717) is 18.2 Å². The third-order valence-corrected chi connectivity index (χ3v) is 3.72. The fourth-order valence-electron chi connectivity index (χ4n) is 2.81. The topological polar surface area (TPSA) is 80.0 Å². The quantitative estimate of drug-likeness (QED) is 0.773. The molecule has 1 aromatic heterocycles. The van der Waals surface area contributed by atoms with Crippen molar-refractivity contribution in [3.05, 3.63) is 11.6 Å². The van der Waals surface area contributed by atoms with Gasteiger partial charge in [0.15, 0.2) is 0 Å². The lowest BCUT2D eigenvalue weighted by Gasteiger charge is -2.21. The molecule has 2 unspecified atom stereocenters. The van der Waals surface area contributed by atoms with E-state index in [1.54, 1.807) is 0 Å². The van der Waals surface area contributed by atoms with Gasteiger partial charge in [-0.3, -0.25) is 4.79 Å². The molecule has 17 heavy (non-hydrogen) atoms. The maximum atomic E-state index is 11.2. The highest BCUT2D eigenvalue weighted by molar-refractivity contribution is 5.75. The highest BCUT2D eigenvalue weighted by Crippen LogP contribution is 2.30. The SMILES string of the molecule is O=C(O)C1CCCn2c(C3CCNC3)nnc21. The number of carboxylic acid groups (broad SMARTS) is 1. The molecule has 6 nitrogen and oxygen atoms in total. The average Bonchev–Trinajstić information content (AvgIpc) is 2.96. The molecule has 2 aliphatic heterocycles. The smallest absolute Gasteiger partial charge is 0.314 e. The van der Waals surface area contributed by atoms with Gasteiger partial charge in [0, 0.05) is 19.0 Å². The van der Waals surface area contributed by atoms with Gasteiger partial charge < -0.3 is 15.0 Å². The Morgan fingerprint density at radius 2 is 2.18 bits per heavy atom. The van der Waals surface area contributed by atoms with Crippen LogP contribution in [0.25, 0.3) is 0 Å².